The van der Waals surface area contributed by atoms with Gasteiger partial charge in [0.1, 0.15) is 5.82 Å². The highest BCUT2D eigenvalue weighted by Crippen LogP contribution is 2.32. The number of halogens is 1. The zero-order chi connectivity index (χ0) is 18.4. The zero-order valence-electron chi connectivity index (χ0n) is 15.2. The van der Waals surface area contributed by atoms with Crippen molar-refractivity contribution >= 4 is 0 Å². The van der Waals surface area contributed by atoms with Crippen molar-refractivity contribution in [2.45, 2.75) is 25.4 Å². The minimum Gasteiger partial charge on any atom is -0.392 e. The summed E-state index contributed by atoms with van der Waals surface area (Å²) in [6.07, 6.45) is 1.91. The Kier molecular flexibility index (Phi) is 6.30. The van der Waals surface area contributed by atoms with E-state index in [1.165, 1.54) is 12.1 Å². The van der Waals surface area contributed by atoms with Crippen LogP contribution < -0.4 is 0 Å². The zero-order valence-corrected chi connectivity index (χ0v) is 15.2. The van der Waals surface area contributed by atoms with E-state index in [9.17, 15) is 9.50 Å². The highest BCUT2D eigenvalue weighted by Gasteiger charge is 2.19. The highest BCUT2D eigenvalue weighted by atomic mass is 19.1. The van der Waals surface area contributed by atoms with Crippen molar-refractivity contribution in [2.75, 3.05) is 27.7 Å². The number of quaternary nitrogens is 1. The third-order valence-electron chi connectivity index (χ3n) is 4.41. The van der Waals surface area contributed by atoms with Gasteiger partial charge in [-0.1, -0.05) is 18.2 Å². The monoisotopic (exact) mass is 341 g/mol. The van der Waals surface area contributed by atoms with Crippen LogP contribution in [-0.2, 0) is 6.61 Å². The Morgan fingerprint density at radius 1 is 1.12 bits per heavy atom. The first-order valence-electron chi connectivity index (χ1n) is 8.54. The molecule has 0 aliphatic rings. The van der Waals surface area contributed by atoms with Crippen LogP contribution in [0.4, 0.5) is 4.39 Å². The molecular formula is C21H26FN2O+. The molecular weight excluding hydrogens is 315 g/mol. The Morgan fingerprint density at radius 2 is 1.80 bits per heavy atom. The fourth-order valence-electron chi connectivity index (χ4n) is 3.12. The molecule has 2 aromatic rings. The normalized spacial score (nSPS) is 12.6. The smallest absolute Gasteiger partial charge is 0.123 e. The first-order valence-corrected chi connectivity index (χ1v) is 8.54. The third kappa shape index (κ3) is 5.38. The second-order valence-electron chi connectivity index (χ2n) is 7.44. The summed E-state index contributed by atoms with van der Waals surface area (Å²) in [5.74, 6) is -0.182. The van der Waals surface area contributed by atoms with Crippen LogP contribution in [-0.4, -0.2) is 37.3 Å². The standard InChI is InChI=1S/C21H26FN2O/c1-24(2,3)12-4-5-20(17-7-9-19(22)10-8-17)21-11-6-16(14-23)13-18(21)15-25/h6-11,13,20,25H,4-5,12,15H2,1-3H3/q+1. The fraction of sp³-hybridized carbons (Fsp3) is 0.381. The van der Waals surface area contributed by atoms with E-state index in [2.05, 4.69) is 27.2 Å². The average Bonchev–Trinajstić information content (AvgIpc) is 2.58. The van der Waals surface area contributed by atoms with E-state index in [-0.39, 0.29) is 18.3 Å². The van der Waals surface area contributed by atoms with Gasteiger partial charge in [-0.05, 0) is 53.8 Å². The van der Waals surface area contributed by atoms with E-state index >= 15 is 0 Å². The van der Waals surface area contributed by atoms with Crippen molar-refractivity contribution in [1.29, 1.82) is 5.26 Å². The predicted molar refractivity (Wildman–Crippen MR) is 97.5 cm³/mol. The van der Waals surface area contributed by atoms with Crippen LogP contribution in [0, 0.1) is 17.1 Å². The summed E-state index contributed by atoms with van der Waals surface area (Å²) in [4.78, 5) is 0. The van der Waals surface area contributed by atoms with Gasteiger partial charge in [0.15, 0.2) is 0 Å². The summed E-state index contributed by atoms with van der Waals surface area (Å²) in [7, 11) is 6.48. The molecule has 25 heavy (non-hydrogen) atoms. The van der Waals surface area contributed by atoms with Gasteiger partial charge < -0.3 is 9.59 Å². The minimum atomic E-state index is -0.254. The first-order chi connectivity index (χ1) is 11.8. The molecule has 4 heteroatoms. The fourth-order valence-corrected chi connectivity index (χ4v) is 3.12. The van der Waals surface area contributed by atoms with Gasteiger partial charge in [0.05, 0.1) is 45.9 Å². The van der Waals surface area contributed by atoms with Gasteiger partial charge >= 0.3 is 0 Å². The van der Waals surface area contributed by atoms with Crippen LogP contribution in [0.25, 0.3) is 0 Å². The molecule has 1 atom stereocenters. The number of benzene rings is 2. The van der Waals surface area contributed by atoms with Crippen LogP contribution in [0.2, 0.25) is 0 Å². The lowest BCUT2D eigenvalue weighted by Crippen LogP contribution is -2.35. The predicted octanol–water partition coefficient (Wildman–Crippen LogP) is 3.81. The van der Waals surface area contributed by atoms with Gasteiger partial charge in [-0.3, -0.25) is 0 Å². The molecule has 0 amide bonds. The quantitative estimate of drug-likeness (QED) is 0.778. The molecule has 0 aliphatic heterocycles. The van der Waals surface area contributed by atoms with E-state index in [1.807, 2.05) is 18.2 Å². The molecule has 2 aromatic carbocycles. The van der Waals surface area contributed by atoms with Crippen molar-refractivity contribution in [1.82, 2.24) is 0 Å². The maximum atomic E-state index is 13.3. The molecule has 0 saturated carbocycles. The summed E-state index contributed by atoms with van der Waals surface area (Å²) < 4.78 is 14.2. The summed E-state index contributed by atoms with van der Waals surface area (Å²) in [5.41, 5.74) is 3.34. The van der Waals surface area contributed by atoms with Crippen molar-refractivity contribution < 1.29 is 14.0 Å². The lowest BCUT2D eigenvalue weighted by molar-refractivity contribution is -0.870. The number of nitriles is 1. The maximum absolute atomic E-state index is 13.3. The molecule has 0 aromatic heterocycles. The highest BCUT2D eigenvalue weighted by molar-refractivity contribution is 5.43. The van der Waals surface area contributed by atoms with E-state index < -0.39 is 0 Å². The minimum absolute atomic E-state index is 0.0713. The molecule has 0 bridgehead atoms. The summed E-state index contributed by atoms with van der Waals surface area (Å²) in [6.45, 7) is 0.917. The molecule has 1 N–H and O–H groups in total. The largest absolute Gasteiger partial charge is 0.392 e. The molecule has 2 rings (SSSR count). The topological polar surface area (TPSA) is 44.0 Å². The number of nitrogens with zero attached hydrogens (tertiary/aromatic N) is 2. The lowest BCUT2D eigenvalue weighted by atomic mass is 9.84. The molecule has 0 heterocycles. The number of aliphatic hydroxyl groups excluding tert-OH is 1. The molecule has 3 nitrogen and oxygen atoms in total. The second-order valence-corrected chi connectivity index (χ2v) is 7.44. The van der Waals surface area contributed by atoms with Crippen LogP contribution in [0.5, 0.6) is 0 Å². The maximum Gasteiger partial charge on any atom is 0.123 e. The van der Waals surface area contributed by atoms with Crippen LogP contribution in [0.3, 0.4) is 0 Å². The average molecular weight is 341 g/mol. The SMILES string of the molecule is C[N+](C)(C)CCCC(c1ccc(F)cc1)c1ccc(C#N)cc1CO. The van der Waals surface area contributed by atoms with Gasteiger partial charge in [0.2, 0.25) is 0 Å². The van der Waals surface area contributed by atoms with E-state index in [4.69, 9.17) is 5.26 Å². The van der Waals surface area contributed by atoms with E-state index in [0.29, 0.717) is 5.56 Å². The molecule has 0 aliphatic carbocycles. The molecule has 0 saturated heterocycles. The Morgan fingerprint density at radius 3 is 2.36 bits per heavy atom. The summed E-state index contributed by atoms with van der Waals surface area (Å²) in [5, 5.41) is 18.9. The van der Waals surface area contributed by atoms with Gasteiger partial charge in [-0.15, -0.1) is 0 Å². The number of aliphatic hydroxyl groups is 1. The summed E-state index contributed by atoms with van der Waals surface area (Å²) in [6, 6.07) is 14.1. The van der Waals surface area contributed by atoms with Gasteiger partial charge in [0, 0.05) is 5.92 Å². The van der Waals surface area contributed by atoms with Crippen molar-refractivity contribution in [3.8, 4) is 6.07 Å². The number of hydrogen-bond donors (Lipinski definition) is 1. The van der Waals surface area contributed by atoms with Gasteiger partial charge in [-0.2, -0.15) is 5.26 Å². The van der Waals surface area contributed by atoms with Crippen molar-refractivity contribution in [2.24, 2.45) is 0 Å². The van der Waals surface area contributed by atoms with Gasteiger partial charge in [-0.25, -0.2) is 4.39 Å². The molecule has 0 spiro atoms. The van der Waals surface area contributed by atoms with Crippen LogP contribution in [0.15, 0.2) is 42.5 Å². The van der Waals surface area contributed by atoms with Crippen molar-refractivity contribution in [3.63, 3.8) is 0 Å². The van der Waals surface area contributed by atoms with Crippen LogP contribution >= 0.6 is 0 Å². The van der Waals surface area contributed by atoms with E-state index in [0.717, 1.165) is 40.6 Å². The van der Waals surface area contributed by atoms with E-state index in [1.54, 1.807) is 12.1 Å². The van der Waals surface area contributed by atoms with Gasteiger partial charge in [0.25, 0.3) is 0 Å². The Bertz CT molecular complexity index is 742. The number of hydrogen-bond acceptors (Lipinski definition) is 2. The van der Waals surface area contributed by atoms with Crippen molar-refractivity contribution in [3.05, 3.63) is 70.5 Å². The van der Waals surface area contributed by atoms with Crippen LogP contribution in [0.1, 0.15) is 41.0 Å². The molecule has 1 unspecified atom stereocenters. The Balaban J connectivity index is 2.37. The Hall–Kier alpha value is -2.22. The Labute approximate surface area is 149 Å². The lowest BCUT2D eigenvalue weighted by Gasteiger charge is -2.26. The first kappa shape index (κ1) is 19.1. The molecule has 132 valence electrons. The number of rotatable bonds is 7. The summed E-state index contributed by atoms with van der Waals surface area (Å²) >= 11 is 0. The molecule has 0 fully saturated rings. The molecule has 0 radical (unpaired) electrons. The second kappa shape index (κ2) is 8.24. The third-order valence-corrected chi connectivity index (χ3v) is 4.41.